The number of nitrogens with two attached hydrogens (primary N) is 1. The van der Waals surface area contributed by atoms with Gasteiger partial charge in [-0.3, -0.25) is 0 Å². The van der Waals surface area contributed by atoms with Gasteiger partial charge in [0.15, 0.2) is 0 Å². The van der Waals surface area contributed by atoms with Crippen molar-refractivity contribution in [3.63, 3.8) is 0 Å². The first-order valence-electron chi connectivity index (χ1n) is 6.06. The Morgan fingerprint density at radius 1 is 1.24 bits per heavy atom. The monoisotopic (exact) mass is 325 g/mol. The SMILES string of the molecule is COc1ccc(COc2ccc(F)cc2Cl)cc1C(N)=S. The van der Waals surface area contributed by atoms with Crippen molar-refractivity contribution in [2.24, 2.45) is 5.73 Å². The quantitative estimate of drug-likeness (QED) is 0.851. The van der Waals surface area contributed by atoms with E-state index in [4.69, 9.17) is 39.0 Å². The summed E-state index contributed by atoms with van der Waals surface area (Å²) in [6.07, 6.45) is 0. The molecule has 0 spiro atoms. The van der Waals surface area contributed by atoms with Gasteiger partial charge in [-0.15, -0.1) is 0 Å². The average Bonchev–Trinajstić information content (AvgIpc) is 2.46. The lowest BCUT2D eigenvalue weighted by atomic mass is 10.1. The summed E-state index contributed by atoms with van der Waals surface area (Å²) in [6.45, 7) is 0.255. The zero-order chi connectivity index (χ0) is 15.4. The molecule has 0 heterocycles. The van der Waals surface area contributed by atoms with Gasteiger partial charge in [-0.25, -0.2) is 4.39 Å². The van der Waals surface area contributed by atoms with Crippen LogP contribution in [0.5, 0.6) is 11.5 Å². The fraction of sp³-hybridized carbons (Fsp3) is 0.133. The number of ether oxygens (including phenoxy) is 2. The molecular formula is C15H13ClFNO2S. The maximum atomic E-state index is 13.0. The molecule has 0 saturated carbocycles. The van der Waals surface area contributed by atoms with E-state index in [1.807, 2.05) is 6.07 Å². The van der Waals surface area contributed by atoms with Crippen molar-refractivity contribution in [1.29, 1.82) is 0 Å². The van der Waals surface area contributed by atoms with Crippen LogP contribution in [-0.2, 0) is 6.61 Å². The van der Waals surface area contributed by atoms with E-state index in [-0.39, 0.29) is 16.6 Å². The van der Waals surface area contributed by atoms with Crippen LogP contribution < -0.4 is 15.2 Å². The molecule has 0 radical (unpaired) electrons. The molecule has 0 unspecified atom stereocenters. The first-order chi connectivity index (χ1) is 10.0. The van der Waals surface area contributed by atoms with Crippen LogP contribution in [0.15, 0.2) is 36.4 Å². The number of benzene rings is 2. The predicted molar refractivity (Wildman–Crippen MR) is 84.6 cm³/mol. The Labute approximate surface area is 132 Å². The van der Waals surface area contributed by atoms with Crippen molar-refractivity contribution in [2.75, 3.05) is 7.11 Å². The molecule has 0 aliphatic heterocycles. The Kier molecular flexibility index (Phi) is 4.98. The van der Waals surface area contributed by atoms with E-state index >= 15 is 0 Å². The molecule has 3 nitrogen and oxygen atoms in total. The van der Waals surface area contributed by atoms with Gasteiger partial charge in [-0.1, -0.05) is 29.9 Å². The number of methoxy groups -OCH3 is 1. The molecule has 110 valence electrons. The lowest BCUT2D eigenvalue weighted by Crippen LogP contribution is -2.12. The molecule has 0 fully saturated rings. The van der Waals surface area contributed by atoms with Crippen LogP contribution in [0.2, 0.25) is 5.02 Å². The summed E-state index contributed by atoms with van der Waals surface area (Å²) in [7, 11) is 1.55. The summed E-state index contributed by atoms with van der Waals surface area (Å²) in [4.78, 5) is 0.244. The second-order valence-electron chi connectivity index (χ2n) is 4.26. The second kappa shape index (κ2) is 6.74. The van der Waals surface area contributed by atoms with E-state index in [1.54, 1.807) is 19.2 Å². The van der Waals surface area contributed by atoms with E-state index in [2.05, 4.69) is 0 Å². The fourth-order valence-corrected chi connectivity index (χ4v) is 2.17. The third-order valence-electron chi connectivity index (χ3n) is 2.82. The highest BCUT2D eigenvalue weighted by atomic mass is 35.5. The summed E-state index contributed by atoms with van der Waals surface area (Å²) in [5.74, 6) is 0.601. The van der Waals surface area contributed by atoms with Gasteiger partial charge in [0.25, 0.3) is 0 Å². The minimum atomic E-state index is -0.410. The summed E-state index contributed by atoms with van der Waals surface area (Å²) < 4.78 is 23.7. The lowest BCUT2D eigenvalue weighted by molar-refractivity contribution is 0.305. The Morgan fingerprint density at radius 2 is 1.95 bits per heavy atom. The van der Waals surface area contributed by atoms with Crippen molar-refractivity contribution in [2.45, 2.75) is 6.61 Å². The lowest BCUT2D eigenvalue weighted by Gasteiger charge is -2.11. The van der Waals surface area contributed by atoms with E-state index in [0.29, 0.717) is 17.1 Å². The highest BCUT2D eigenvalue weighted by molar-refractivity contribution is 7.80. The topological polar surface area (TPSA) is 44.5 Å². The van der Waals surface area contributed by atoms with Crippen molar-refractivity contribution in [3.8, 4) is 11.5 Å². The Morgan fingerprint density at radius 3 is 2.57 bits per heavy atom. The first-order valence-corrected chi connectivity index (χ1v) is 6.84. The summed E-state index contributed by atoms with van der Waals surface area (Å²) in [5, 5.41) is 0.220. The van der Waals surface area contributed by atoms with Crippen LogP contribution in [-0.4, -0.2) is 12.1 Å². The molecule has 0 amide bonds. The standard InChI is InChI=1S/C15H13ClFNO2S/c1-19-13-4-2-9(6-11(13)15(18)21)8-20-14-5-3-10(17)7-12(14)16/h2-7H,8H2,1H3,(H2,18,21). The van der Waals surface area contributed by atoms with Gasteiger partial charge in [0.05, 0.1) is 17.7 Å². The van der Waals surface area contributed by atoms with Gasteiger partial charge in [-0.05, 0) is 35.9 Å². The molecule has 0 aromatic heterocycles. The van der Waals surface area contributed by atoms with Gasteiger partial charge < -0.3 is 15.2 Å². The maximum Gasteiger partial charge on any atom is 0.138 e. The molecule has 0 saturated heterocycles. The van der Waals surface area contributed by atoms with Crippen molar-refractivity contribution >= 4 is 28.8 Å². The molecule has 6 heteroatoms. The molecule has 2 aromatic rings. The zero-order valence-corrected chi connectivity index (χ0v) is 12.8. The summed E-state index contributed by atoms with van der Waals surface area (Å²) in [6, 6.07) is 9.35. The number of hydrogen-bond acceptors (Lipinski definition) is 3. The number of thiocarbonyl (C=S) groups is 1. The summed E-state index contributed by atoms with van der Waals surface area (Å²) >= 11 is 10.9. The molecule has 0 aliphatic rings. The van der Waals surface area contributed by atoms with E-state index < -0.39 is 5.82 Å². The molecular weight excluding hydrogens is 313 g/mol. The van der Waals surface area contributed by atoms with Gasteiger partial charge in [0.1, 0.15) is 28.9 Å². The van der Waals surface area contributed by atoms with Crippen molar-refractivity contribution in [1.82, 2.24) is 0 Å². The highest BCUT2D eigenvalue weighted by Crippen LogP contribution is 2.26. The number of hydrogen-bond donors (Lipinski definition) is 1. The smallest absolute Gasteiger partial charge is 0.138 e. The molecule has 0 bridgehead atoms. The van der Waals surface area contributed by atoms with Gasteiger partial charge in [0, 0.05) is 0 Å². The third kappa shape index (κ3) is 3.83. The first kappa shape index (κ1) is 15.5. The molecule has 0 atom stereocenters. The Balaban J connectivity index is 2.16. The molecule has 21 heavy (non-hydrogen) atoms. The largest absolute Gasteiger partial charge is 0.496 e. The van der Waals surface area contributed by atoms with E-state index in [1.165, 1.54) is 18.2 Å². The normalized spacial score (nSPS) is 10.2. The van der Waals surface area contributed by atoms with Crippen LogP contribution in [0, 0.1) is 5.82 Å². The number of rotatable bonds is 5. The van der Waals surface area contributed by atoms with Crippen molar-refractivity contribution < 1.29 is 13.9 Å². The molecule has 2 N–H and O–H groups in total. The molecule has 2 rings (SSSR count). The minimum absolute atomic E-state index is 0.220. The Bertz CT molecular complexity index is 679. The molecule has 0 aliphatic carbocycles. The minimum Gasteiger partial charge on any atom is -0.496 e. The van der Waals surface area contributed by atoms with Gasteiger partial charge in [-0.2, -0.15) is 0 Å². The van der Waals surface area contributed by atoms with Crippen LogP contribution in [0.1, 0.15) is 11.1 Å². The highest BCUT2D eigenvalue weighted by Gasteiger charge is 2.08. The van der Waals surface area contributed by atoms with Crippen LogP contribution in [0.3, 0.4) is 0 Å². The third-order valence-corrected chi connectivity index (χ3v) is 3.33. The summed E-state index contributed by atoms with van der Waals surface area (Å²) in [5.41, 5.74) is 7.14. The zero-order valence-electron chi connectivity index (χ0n) is 11.2. The van der Waals surface area contributed by atoms with Crippen LogP contribution in [0.25, 0.3) is 0 Å². The van der Waals surface area contributed by atoms with Crippen LogP contribution in [0.4, 0.5) is 4.39 Å². The van der Waals surface area contributed by atoms with Gasteiger partial charge >= 0.3 is 0 Å². The average molecular weight is 326 g/mol. The van der Waals surface area contributed by atoms with E-state index in [0.717, 1.165) is 5.56 Å². The fourth-order valence-electron chi connectivity index (χ4n) is 1.79. The number of halogens is 2. The molecule has 2 aromatic carbocycles. The van der Waals surface area contributed by atoms with Crippen molar-refractivity contribution in [3.05, 3.63) is 58.4 Å². The predicted octanol–water partition coefficient (Wildman–Crippen LogP) is 3.70. The van der Waals surface area contributed by atoms with Crippen LogP contribution >= 0.6 is 23.8 Å². The van der Waals surface area contributed by atoms with E-state index in [9.17, 15) is 4.39 Å². The van der Waals surface area contributed by atoms with Gasteiger partial charge in [0.2, 0.25) is 0 Å². The second-order valence-corrected chi connectivity index (χ2v) is 5.11. The Hall–Kier alpha value is -1.85. The maximum absolute atomic E-state index is 13.0.